The molecule has 3 aromatic rings. The van der Waals surface area contributed by atoms with Crippen molar-refractivity contribution in [2.24, 2.45) is 0 Å². The third kappa shape index (κ3) is 3.14. The van der Waals surface area contributed by atoms with E-state index in [-0.39, 0.29) is 17.7 Å². The molecular formula is C15H15N7O2. The maximum Gasteiger partial charge on any atom is 0.337 e. The Morgan fingerprint density at radius 1 is 1.17 bits per heavy atom. The molecule has 2 aromatic heterocycles. The third-order valence-corrected chi connectivity index (χ3v) is 3.28. The molecule has 0 fully saturated rings. The zero-order valence-electron chi connectivity index (χ0n) is 12.9. The minimum Gasteiger partial charge on any atom is -0.465 e. The lowest BCUT2D eigenvalue weighted by Crippen LogP contribution is -2.07. The molecular weight excluding hydrogens is 310 g/mol. The second-order valence-corrected chi connectivity index (χ2v) is 4.92. The summed E-state index contributed by atoms with van der Waals surface area (Å²) in [6.07, 6.45) is 1.59. The number of nitrogens with two attached hydrogens (primary N) is 2. The standard InChI is InChI=1S/C15H15N7O2/c1-24-14(23)8-2-4-9(5-3-8)18-6-10-7-19-13-11(20-10)12(16)21-15(17)22-13/h2-5,7,18H,6H2,1H3,(H4,16,17,19,21,22). The smallest absolute Gasteiger partial charge is 0.337 e. The monoisotopic (exact) mass is 325 g/mol. The Labute approximate surface area is 137 Å². The molecule has 0 aliphatic carbocycles. The quantitative estimate of drug-likeness (QED) is 0.598. The minimum absolute atomic E-state index is 0.0610. The van der Waals surface area contributed by atoms with E-state index in [9.17, 15) is 4.79 Å². The first kappa shape index (κ1) is 15.4. The number of hydrogen-bond acceptors (Lipinski definition) is 9. The Hall–Kier alpha value is -3.49. The van der Waals surface area contributed by atoms with Crippen LogP contribution in [0.2, 0.25) is 0 Å². The Morgan fingerprint density at radius 2 is 1.92 bits per heavy atom. The molecule has 1 aromatic carbocycles. The van der Waals surface area contributed by atoms with Gasteiger partial charge in [-0.25, -0.2) is 14.8 Å². The van der Waals surface area contributed by atoms with Gasteiger partial charge in [-0.05, 0) is 24.3 Å². The number of hydrogen-bond donors (Lipinski definition) is 3. The van der Waals surface area contributed by atoms with Crippen LogP contribution in [0.4, 0.5) is 17.5 Å². The van der Waals surface area contributed by atoms with Gasteiger partial charge in [0.15, 0.2) is 17.0 Å². The van der Waals surface area contributed by atoms with Gasteiger partial charge in [0, 0.05) is 5.69 Å². The number of nitrogens with zero attached hydrogens (tertiary/aromatic N) is 4. The van der Waals surface area contributed by atoms with Crippen LogP contribution in [0.15, 0.2) is 30.5 Å². The van der Waals surface area contributed by atoms with E-state index in [4.69, 9.17) is 11.5 Å². The Balaban J connectivity index is 1.74. The molecule has 0 saturated carbocycles. The van der Waals surface area contributed by atoms with E-state index in [0.29, 0.717) is 29.0 Å². The molecule has 3 rings (SSSR count). The SMILES string of the molecule is COC(=O)c1ccc(NCc2cnc3nc(N)nc(N)c3n2)cc1. The van der Waals surface area contributed by atoms with Gasteiger partial charge >= 0.3 is 5.97 Å². The number of anilines is 3. The largest absolute Gasteiger partial charge is 0.465 e. The molecule has 122 valence electrons. The summed E-state index contributed by atoms with van der Waals surface area (Å²) in [7, 11) is 1.34. The van der Waals surface area contributed by atoms with E-state index >= 15 is 0 Å². The minimum atomic E-state index is -0.378. The van der Waals surface area contributed by atoms with Gasteiger partial charge in [-0.3, -0.25) is 0 Å². The zero-order chi connectivity index (χ0) is 17.1. The van der Waals surface area contributed by atoms with Crippen LogP contribution in [0.3, 0.4) is 0 Å². The summed E-state index contributed by atoms with van der Waals surface area (Å²) < 4.78 is 4.66. The van der Waals surface area contributed by atoms with Crippen LogP contribution in [0.25, 0.3) is 11.2 Å². The number of esters is 1. The fraction of sp³-hybridized carbons (Fsp3) is 0.133. The molecule has 24 heavy (non-hydrogen) atoms. The van der Waals surface area contributed by atoms with Crippen LogP contribution in [-0.2, 0) is 11.3 Å². The average Bonchev–Trinajstić information content (AvgIpc) is 2.60. The molecule has 5 N–H and O–H groups in total. The number of aromatic nitrogens is 4. The van der Waals surface area contributed by atoms with Gasteiger partial charge in [0.05, 0.1) is 31.1 Å². The topological polar surface area (TPSA) is 142 Å². The van der Waals surface area contributed by atoms with E-state index in [1.54, 1.807) is 30.5 Å². The van der Waals surface area contributed by atoms with Crippen molar-refractivity contribution in [1.82, 2.24) is 19.9 Å². The summed E-state index contributed by atoms with van der Waals surface area (Å²) in [5.41, 5.74) is 14.1. The number of carbonyl (C=O) groups excluding carboxylic acids is 1. The van der Waals surface area contributed by atoms with Gasteiger partial charge in [0.2, 0.25) is 5.95 Å². The van der Waals surface area contributed by atoms with Gasteiger partial charge < -0.3 is 21.5 Å². The normalized spacial score (nSPS) is 10.5. The average molecular weight is 325 g/mol. The van der Waals surface area contributed by atoms with Gasteiger partial charge in [0.25, 0.3) is 0 Å². The highest BCUT2D eigenvalue weighted by Crippen LogP contribution is 2.16. The number of rotatable bonds is 4. The lowest BCUT2D eigenvalue weighted by atomic mass is 10.2. The molecule has 0 unspecified atom stereocenters. The maximum absolute atomic E-state index is 11.4. The van der Waals surface area contributed by atoms with Crippen LogP contribution < -0.4 is 16.8 Å². The van der Waals surface area contributed by atoms with Crippen molar-refractivity contribution >= 4 is 34.6 Å². The Bertz CT molecular complexity index is 896. The fourth-order valence-corrected chi connectivity index (χ4v) is 2.10. The third-order valence-electron chi connectivity index (χ3n) is 3.28. The van der Waals surface area contributed by atoms with Gasteiger partial charge in [0.1, 0.15) is 0 Å². The lowest BCUT2D eigenvalue weighted by molar-refractivity contribution is 0.0601. The van der Waals surface area contributed by atoms with Crippen molar-refractivity contribution in [1.29, 1.82) is 0 Å². The van der Waals surface area contributed by atoms with Crippen molar-refractivity contribution in [2.45, 2.75) is 6.54 Å². The second kappa shape index (κ2) is 6.32. The molecule has 2 heterocycles. The number of nitrogens with one attached hydrogen (secondary N) is 1. The van der Waals surface area contributed by atoms with Crippen LogP contribution in [0.1, 0.15) is 16.1 Å². The number of nitrogen functional groups attached to an aromatic ring is 2. The highest BCUT2D eigenvalue weighted by molar-refractivity contribution is 5.89. The number of methoxy groups -OCH3 is 1. The predicted octanol–water partition coefficient (Wildman–Crippen LogP) is 0.983. The van der Waals surface area contributed by atoms with Gasteiger partial charge in [-0.2, -0.15) is 9.97 Å². The van der Waals surface area contributed by atoms with Gasteiger partial charge in [-0.15, -0.1) is 0 Å². The Morgan fingerprint density at radius 3 is 2.62 bits per heavy atom. The zero-order valence-corrected chi connectivity index (χ0v) is 12.9. The summed E-state index contributed by atoms with van der Waals surface area (Å²) in [5.74, 6) is -0.128. The maximum atomic E-state index is 11.4. The number of fused-ring (bicyclic) bond motifs is 1. The summed E-state index contributed by atoms with van der Waals surface area (Å²) in [6, 6.07) is 6.90. The van der Waals surface area contributed by atoms with Crippen LogP contribution >= 0.6 is 0 Å². The molecule has 0 saturated heterocycles. The lowest BCUT2D eigenvalue weighted by Gasteiger charge is -2.08. The first-order chi connectivity index (χ1) is 11.6. The highest BCUT2D eigenvalue weighted by Gasteiger charge is 2.08. The predicted molar refractivity (Wildman–Crippen MR) is 89.1 cm³/mol. The molecule has 9 heteroatoms. The Kier molecular flexibility index (Phi) is 4.06. The van der Waals surface area contributed by atoms with E-state index in [2.05, 4.69) is 30.0 Å². The number of carbonyl (C=O) groups is 1. The van der Waals surface area contributed by atoms with Crippen molar-refractivity contribution in [3.8, 4) is 0 Å². The first-order valence-corrected chi connectivity index (χ1v) is 7.03. The molecule has 0 aliphatic rings. The van der Waals surface area contributed by atoms with E-state index in [1.807, 2.05) is 0 Å². The molecule has 9 nitrogen and oxygen atoms in total. The first-order valence-electron chi connectivity index (χ1n) is 7.03. The van der Waals surface area contributed by atoms with E-state index in [1.165, 1.54) is 7.11 Å². The molecule has 0 bridgehead atoms. The fourth-order valence-electron chi connectivity index (χ4n) is 2.10. The van der Waals surface area contributed by atoms with Crippen LogP contribution in [0, 0.1) is 0 Å². The molecule has 0 amide bonds. The molecule has 0 atom stereocenters. The molecule has 0 radical (unpaired) electrons. The summed E-state index contributed by atoms with van der Waals surface area (Å²) in [6.45, 7) is 0.421. The van der Waals surface area contributed by atoms with E-state index in [0.717, 1.165) is 5.69 Å². The van der Waals surface area contributed by atoms with Crippen molar-refractivity contribution in [2.75, 3.05) is 23.9 Å². The van der Waals surface area contributed by atoms with Crippen molar-refractivity contribution < 1.29 is 9.53 Å². The van der Waals surface area contributed by atoms with Crippen molar-refractivity contribution in [3.63, 3.8) is 0 Å². The molecule has 0 aliphatic heterocycles. The van der Waals surface area contributed by atoms with Crippen molar-refractivity contribution in [3.05, 3.63) is 41.7 Å². The van der Waals surface area contributed by atoms with Gasteiger partial charge in [-0.1, -0.05) is 0 Å². The van der Waals surface area contributed by atoms with E-state index < -0.39 is 0 Å². The number of ether oxygens (including phenoxy) is 1. The highest BCUT2D eigenvalue weighted by atomic mass is 16.5. The summed E-state index contributed by atoms with van der Waals surface area (Å²) >= 11 is 0. The van der Waals surface area contributed by atoms with Crippen LogP contribution in [0.5, 0.6) is 0 Å². The summed E-state index contributed by atoms with van der Waals surface area (Å²) in [4.78, 5) is 27.8. The molecule has 0 spiro atoms. The second-order valence-electron chi connectivity index (χ2n) is 4.92. The number of benzene rings is 1. The van der Waals surface area contributed by atoms with Crippen LogP contribution in [-0.4, -0.2) is 33.0 Å². The summed E-state index contributed by atoms with van der Waals surface area (Å²) in [5, 5.41) is 3.18.